The van der Waals surface area contributed by atoms with Crippen LogP contribution >= 0.6 is 0 Å². The number of nitrogens with one attached hydrogen (secondary N) is 2. The van der Waals surface area contributed by atoms with Crippen molar-refractivity contribution >= 4 is 0 Å². The molecule has 0 fully saturated rings. The molecular weight excluding hydrogens is 288 g/mol. The summed E-state index contributed by atoms with van der Waals surface area (Å²) in [7, 11) is 0. The van der Waals surface area contributed by atoms with Crippen molar-refractivity contribution in [1.82, 2.24) is 10.6 Å². The SMILES string of the molecule is C[C@H](O)CNCCNCc1cccc(OCc2ccccc2)c1. The first-order chi connectivity index (χ1) is 11.2. The van der Waals surface area contributed by atoms with Gasteiger partial charge in [0.05, 0.1) is 6.10 Å². The number of hydrogen-bond acceptors (Lipinski definition) is 4. The van der Waals surface area contributed by atoms with Gasteiger partial charge in [-0.05, 0) is 30.2 Å². The van der Waals surface area contributed by atoms with E-state index < -0.39 is 0 Å². The molecule has 0 aliphatic rings. The van der Waals surface area contributed by atoms with Crippen LogP contribution < -0.4 is 15.4 Å². The van der Waals surface area contributed by atoms with Gasteiger partial charge >= 0.3 is 0 Å². The normalized spacial score (nSPS) is 12.1. The number of benzene rings is 2. The molecule has 4 heteroatoms. The highest BCUT2D eigenvalue weighted by Gasteiger charge is 1.99. The molecule has 2 rings (SSSR count). The van der Waals surface area contributed by atoms with E-state index in [4.69, 9.17) is 9.84 Å². The number of aliphatic hydroxyl groups is 1. The molecule has 3 N–H and O–H groups in total. The fraction of sp³-hybridized carbons (Fsp3) is 0.368. The van der Waals surface area contributed by atoms with Crippen molar-refractivity contribution < 1.29 is 9.84 Å². The second-order valence-corrected chi connectivity index (χ2v) is 5.65. The summed E-state index contributed by atoms with van der Waals surface area (Å²) in [4.78, 5) is 0. The lowest BCUT2D eigenvalue weighted by Crippen LogP contribution is -2.31. The molecule has 0 amide bonds. The number of rotatable bonds is 10. The predicted molar refractivity (Wildman–Crippen MR) is 93.5 cm³/mol. The van der Waals surface area contributed by atoms with E-state index in [0.717, 1.165) is 25.4 Å². The first-order valence-corrected chi connectivity index (χ1v) is 8.09. The third-order valence-corrected chi connectivity index (χ3v) is 3.39. The van der Waals surface area contributed by atoms with Crippen LogP contribution in [-0.2, 0) is 13.2 Å². The molecule has 23 heavy (non-hydrogen) atoms. The summed E-state index contributed by atoms with van der Waals surface area (Å²) in [6.45, 7) is 5.50. The summed E-state index contributed by atoms with van der Waals surface area (Å²) >= 11 is 0. The van der Waals surface area contributed by atoms with Crippen molar-refractivity contribution in [2.75, 3.05) is 19.6 Å². The second-order valence-electron chi connectivity index (χ2n) is 5.65. The van der Waals surface area contributed by atoms with E-state index in [0.29, 0.717) is 13.2 Å². The van der Waals surface area contributed by atoms with Gasteiger partial charge in [-0.25, -0.2) is 0 Å². The topological polar surface area (TPSA) is 53.5 Å². The quantitative estimate of drug-likeness (QED) is 0.589. The van der Waals surface area contributed by atoms with Gasteiger partial charge in [-0.3, -0.25) is 0 Å². The highest BCUT2D eigenvalue weighted by molar-refractivity contribution is 5.29. The van der Waals surface area contributed by atoms with E-state index >= 15 is 0 Å². The number of aliphatic hydroxyl groups excluding tert-OH is 1. The van der Waals surface area contributed by atoms with Gasteiger partial charge in [0.25, 0.3) is 0 Å². The third-order valence-electron chi connectivity index (χ3n) is 3.39. The van der Waals surface area contributed by atoms with Crippen molar-refractivity contribution in [3.05, 3.63) is 65.7 Å². The van der Waals surface area contributed by atoms with Crippen LogP contribution in [0.5, 0.6) is 5.75 Å². The molecule has 0 aliphatic carbocycles. The van der Waals surface area contributed by atoms with Gasteiger partial charge in [0.1, 0.15) is 12.4 Å². The monoisotopic (exact) mass is 314 g/mol. The van der Waals surface area contributed by atoms with Crippen LogP contribution in [-0.4, -0.2) is 30.8 Å². The Kier molecular flexibility index (Phi) is 7.60. The van der Waals surface area contributed by atoms with Gasteiger partial charge in [0, 0.05) is 26.2 Å². The Morgan fingerprint density at radius 1 is 0.957 bits per heavy atom. The fourth-order valence-electron chi connectivity index (χ4n) is 2.21. The maximum absolute atomic E-state index is 9.15. The Balaban J connectivity index is 1.70. The lowest BCUT2D eigenvalue weighted by molar-refractivity contribution is 0.191. The van der Waals surface area contributed by atoms with Crippen LogP contribution in [0.25, 0.3) is 0 Å². The van der Waals surface area contributed by atoms with Gasteiger partial charge < -0.3 is 20.5 Å². The Morgan fingerprint density at radius 2 is 1.70 bits per heavy atom. The number of hydrogen-bond donors (Lipinski definition) is 3. The summed E-state index contributed by atoms with van der Waals surface area (Å²) in [5.41, 5.74) is 2.37. The average molecular weight is 314 g/mol. The summed E-state index contributed by atoms with van der Waals surface area (Å²) < 4.78 is 5.84. The molecule has 0 unspecified atom stereocenters. The van der Waals surface area contributed by atoms with Gasteiger partial charge in [-0.15, -0.1) is 0 Å². The highest BCUT2D eigenvalue weighted by atomic mass is 16.5. The number of ether oxygens (including phenoxy) is 1. The van der Waals surface area contributed by atoms with E-state index in [9.17, 15) is 0 Å². The van der Waals surface area contributed by atoms with Crippen LogP contribution in [0.3, 0.4) is 0 Å². The molecule has 0 bridgehead atoms. The highest BCUT2D eigenvalue weighted by Crippen LogP contribution is 2.15. The van der Waals surface area contributed by atoms with E-state index in [2.05, 4.69) is 34.9 Å². The Morgan fingerprint density at radius 3 is 2.48 bits per heavy atom. The molecule has 2 aromatic carbocycles. The molecule has 2 aromatic rings. The maximum Gasteiger partial charge on any atom is 0.120 e. The van der Waals surface area contributed by atoms with E-state index in [-0.39, 0.29) is 6.10 Å². The lowest BCUT2D eigenvalue weighted by atomic mass is 10.2. The van der Waals surface area contributed by atoms with Crippen LogP contribution in [0.15, 0.2) is 54.6 Å². The summed E-state index contributed by atoms with van der Waals surface area (Å²) in [5.74, 6) is 0.889. The summed E-state index contributed by atoms with van der Waals surface area (Å²) in [6.07, 6.45) is -0.298. The van der Waals surface area contributed by atoms with Crippen molar-refractivity contribution in [1.29, 1.82) is 0 Å². The van der Waals surface area contributed by atoms with Crippen molar-refractivity contribution in [2.45, 2.75) is 26.2 Å². The molecule has 0 heterocycles. The Hall–Kier alpha value is -1.88. The van der Waals surface area contributed by atoms with E-state index in [1.54, 1.807) is 6.92 Å². The lowest BCUT2D eigenvalue weighted by Gasteiger charge is -2.10. The van der Waals surface area contributed by atoms with Crippen LogP contribution in [0.1, 0.15) is 18.1 Å². The largest absolute Gasteiger partial charge is 0.489 e. The zero-order valence-electron chi connectivity index (χ0n) is 13.7. The smallest absolute Gasteiger partial charge is 0.120 e. The minimum absolute atomic E-state index is 0.298. The molecule has 0 aromatic heterocycles. The summed E-state index contributed by atoms with van der Waals surface area (Å²) in [5, 5.41) is 15.7. The molecule has 0 saturated carbocycles. The van der Waals surface area contributed by atoms with Crippen molar-refractivity contribution in [3.8, 4) is 5.75 Å². The van der Waals surface area contributed by atoms with Gasteiger partial charge in [0.15, 0.2) is 0 Å². The van der Waals surface area contributed by atoms with Gasteiger partial charge in [0.2, 0.25) is 0 Å². The van der Waals surface area contributed by atoms with Crippen LogP contribution in [0.2, 0.25) is 0 Å². The molecular formula is C19H26N2O2. The van der Waals surface area contributed by atoms with Crippen molar-refractivity contribution in [2.24, 2.45) is 0 Å². The van der Waals surface area contributed by atoms with Crippen LogP contribution in [0.4, 0.5) is 0 Å². The molecule has 0 spiro atoms. The average Bonchev–Trinajstić information content (AvgIpc) is 2.57. The third kappa shape index (κ3) is 7.28. The van der Waals surface area contributed by atoms with Gasteiger partial charge in [-0.1, -0.05) is 42.5 Å². The minimum Gasteiger partial charge on any atom is -0.489 e. The Bertz CT molecular complexity index is 558. The molecule has 1 atom stereocenters. The first-order valence-electron chi connectivity index (χ1n) is 8.09. The summed E-state index contributed by atoms with van der Waals surface area (Å²) in [6, 6.07) is 18.3. The van der Waals surface area contributed by atoms with Gasteiger partial charge in [-0.2, -0.15) is 0 Å². The Labute approximate surface area is 138 Å². The van der Waals surface area contributed by atoms with E-state index in [1.165, 1.54) is 11.1 Å². The molecule has 4 nitrogen and oxygen atoms in total. The minimum atomic E-state index is -0.298. The molecule has 124 valence electrons. The molecule has 0 radical (unpaired) electrons. The van der Waals surface area contributed by atoms with E-state index in [1.807, 2.05) is 30.3 Å². The van der Waals surface area contributed by atoms with Crippen LogP contribution in [0, 0.1) is 0 Å². The van der Waals surface area contributed by atoms with Crippen molar-refractivity contribution in [3.63, 3.8) is 0 Å². The standard InChI is InChI=1S/C19H26N2O2/c1-16(22)13-20-10-11-21-14-18-8-5-9-19(12-18)23-15-17-6-3-2-4-7-17/h2-9,12,16,20-22H,10-11,13-15H2,1H3/t16-/m0/s1. The fourth-order valence-corrected chi connectivity index (χ4v) is 2.21. The molecule has 0 saturated heterocycles. The zero-order valence-corrected chi connectivity index (χ0v) is 13.7. The maximum atomic E-state index is 9.15. The molecule has 0 aliphatic heterocycles. The second kappa shape index (κ2) is 10.0. The zero-order chi connectivity index (χ0) is 16.3. The first kappa shape index (κ1) is 17.5. The predicted octanol–water partition coefficient (Wildman–Crippen LogP) is 2.33.